The predicted octanol–water partition coefficient (Wildman–Crippen LogP) is 4.19. The summed E-state index contributed by atoms with van der Waals surface area (Å²) in [6.07, 6.45) is 0.551. The number of nitrogens with one attached hydrogen (secondary N) is 1. The van der Waals surface area contributed by atoms with Crippen LogP contribution < -0.4 is 11.3 Å². The zero-order valence-electron chi connectivity index (χ0n) is 11.0. The molecule has 3 N–H and O–H groups in total. The third-order valence-electron chi connectivity index (χ3n) is 3.24. The van der Waals surface area contributed by atoms with Gasteiger partial charge in [-0.3, -0.25) is 11.3 Å². The monoisotopic (exact) mass is 312 g/mol. The fourth-order valence-corrected chi connectivity index (χ4v) is 2.44. The van der Waals surface area contributed by atoms with Crippen LogP contribution in [0.4, 0.5) is 4.39 Å². The fourth-order valence-electron chi connectivity index (χ4n) is 2.01. The predicted molar refractivity (Wildman–Crippen MR) is 81.4 cm³/mol. The number of rotatable bonds is 4. The maximum absolute atomic E-state index is 13.0. The summed E-state index contributed by atoms with van der Waals surface area (Å²) in [7, 11) is 0. The lowest BCUT2D eigenvalue weighted by molar-refractivity contribution is 0.551. The van der Waals surface area contributed by atoms with Gasteiger partial charge in [-0.25, -0.2) is 4.39 Å². The van der Waals surface area contributed by atoms with Crippen molar-refractivity contribution < 1.29 is 4.39 Å². The van der Waals surface area contributed by atoms with Crippen molar-refractivity contribution in [3.05, 3.63) is 69.0 Å². The van der Waals surface area contributed by atoms with Gasteiger partial charge in [0.25, 0.3) is 0 Å². The van der Waals surface area contributed by atoms with Gasteiger partial charge in [0.1, 0.15) is 5.82 Å². The second kappa shape index (κ2) is 6.55. The van der Waals surface area contributed by atoms with Gasteiger partial charge in [-0.2, -0.15) is 0 Å². The van der Waals surface area contributed by atoms with Gasteiger partial charge in [0.15, 0.2) is 0 Å². The van der Waals surface area contributed by atoms with Gasteiger partial charge in [-0.1, -0.05) is 41.4 Å². The summed E-state index contributed by atoms with van der Waals surface area (Å²) in [5.41, 5.74) is 5.54. The highest BCUT2D eigenvalue weighted by atomic mass is 35.5. The zero-order valence-corrected chi connectivity index (χ0v) is 12.5. The Hall–Kier alpha value is -1.13. The molecule has 2 aromatic rings. The molecule has 0 aliphatic rings. The maximum atomic E-state index is 13.0. The molecule has 1 unspecified atom stereocenters. The number of hydrogen-bond donors (Lipinski definition) is 2. The molecule has 0 fully saturated rings. The Balaban J connectivity index is 2.26. The van der Waals surface area contributed by atoms with Gasteiger partial charge in [-0.15, -0.1) is 0 Å². The van der Waals surface area contributed by atoms with Crippen LogP contribution in [-0.4, -0.2) is 0 Å². The quantitative estimate of drug-likeness (QED) is 0.656. The molecule has 0 spiro atoms. The molecule has 0 heterocycles. The average Bonchev–Trinajstić information content (AvgIpc) is 2.41. The first kappa shape index (κ1) is 15.3. The Morgan fingerprint density at radius 3 is 2.50 bits per heavy atom. The van der Waals surface area contributed by atoms with Crippen molar-refractivity contribution in [1.29, 1.82) is 0 Å². The standard InChI is InChI=1S/C15H15Cl2FN2/c1-9-2-3-11(6-13(9)16)15(20-19)7-10-4-5-12(18)8-14(10)17/h2-6,8,15,20H,7,19H2,1H3. The summed E-state index contributed by atoms with van der Waals surface area (Å²) in [4.78, 5) is 0. The van der Waals surface area contributed by atoms with E-state index in [1.54, 1.807) is 6.07 Å². The lowest BCUT2D eigenvalue weighted by Crippen LogP contribution is -2.29. The highest BCUT2D eigenvalue weighted by Gasteiger charge is 2.14. The fraction of sp³-hybridized carbons (Fsp3) is 0.200. The summed E-state index contributed by atoms with van der Waals surface area (Å²) in [6, 6.07) is 9.98. The van der Waals surface area contributed by atoms with Gasteiger partial charge < -0.3 is 0 Å². The third-order valence-corrected chi connectivity index (χ3v) is 4.00. The summed E-state index contributed by atoms with van der Waals surface area (Å²) in [5.74, 6) is 5.26. The number of halogens is 3. The zero-order chi connectivity index (χ0) is 14.7. The molecule has 106 valence electrons. The van der Waals surface area contributed by atoms with Crippen molar-refractivity contribution in [2.45, 2.75) is 19.4 Å². The highest BCUT2D eigenvalue weighted by Crippen LogP contribution is 2.26. The van der Waals surface area contributed by atoms with Crippen LogP contribution in [0.15, 0.2) is 36.4 Å². The summed E-state index contributed by atoms with van der Waals surface area (Å²) < 4.78 is 13.0. The molecule has 0 aliphatic heterocycles. The Labute approximate surface area is 127 Å². The first-order valence-corrected chi connectivity index (χ1v) is 6.93. The molecule has 2 rings (SSSR count). The third kappa shape index (κ3) is 3.49. The minimum Gasteiger partial charge on any atom is -0.271 e. The lowest BCUT2D eigenvalue weighted by atomic mass is 9.98. The van der Waals surface area contributed by atoms with Crippen LogP contribution in [0.1, 0.15) is 22.7 Å². The molecule has 0 saturated carbocycles. The Kier molecular flexibility index (Phi) is 5.00. The van der Waals surface area contributed by atoms with Crippen LogP contribution in [0.2, 0.25) is 10.0 Å². The molecular formula is C15H15Cl2FN2. The lowest BCUT2D eigenvalue weighted by Gasteiger charge is -2.18. The molecule has 0 aliphatic carbocycles. The van der Waals surface area contributed by atoms with E-state index < -0.39 is 0 Å². The number of aryl methyl sites for hydroxylation is 1. The van der Waals surface area contributed by atoms with E-state index in [0.717, 1.165) is 16.7 Å². The van der Waals surface area contributed by atoms with Crippen LogP contribution in [0.25, 0.3) is 0 Å². The molecule has 0 bridgehead atoms. The second-order valence-corrected chi connectivity index (χ2v) is 5.48. The summed E-state index contributed by atoms with van der Waals surface area (Å²) in [5, 5.41) is 1.08. The first-order chi connectivity index (χ1) is 9.51. The van der Waals surface area contributed by atoms with E-state index in [4.69, 9.17) is 29.0 Å². The van der Waals surface area contributed by atoms with Gasteiger partial charge in [0.2, 0.25) is 0 Å². The number of hydrogen-bond acceptors (Lipinski definition) is 2. The maximum Gasteiger partial charge on any atom is 0.124 e. The largest absolute Gasteiger partial charge is 0.271 e. The molecule has 0 amide bonds. The van der Waals surface area contributed by atoms with Crippen molar-refractivity contribution in [2.75, 3.05) is 0 Å². The summed E-state index contributed by atoms with van der Waals surface area (Å²) in [6.45, 7) is 1.94. The van der Waals surface area contributed by atoms with E-state index >= 15 is 0 Å². The van der Waals surface area contributed by atoms with E-state index in [1.165, 1.54) is 12.1 Å². The minimum absolute atomic E-state index is 0.143. The Morgan fingerprint density at radius 2 is 1.90 bits per heavy atom. The van der Waals surface area contributed by atoms with Crippen LogP contribution in [-0.2, 0) is 6.42 Å². The SMILES string of the molecule is Cc1ccc(C(Cc2ccc(F)cc2Cl)NN)cc1Cl. The van der Waals surface area contributed by atoms with Crippen LogP contribution >= 0.6 is 23.2 Å². The molecule has 0 radical (unpaired) electrons. The molecular weight excluding hydrogens is 298 g/mol. The van der Waals surface area contributed by atoms with Crippen LogP contribution in [0.3, 0.4) is 0 Å². The molecule has 0 saturated heterocycles. The molecule has 2 nitrogen and oxygen atoms in total. The molecule has 2 aromatic carbocycles. The highest BCUT2D eigenvalue weighted by molar-refractivity contribution is 6.31. The van der Waals surface area contributed by atoms with E-state index in [1.807, 2.05) is 25.1 Å². The van der Waals surface area contributed by atoms with Gasteiger partial charge >= 0.3 is 0 Å². The van der Waals surface area contributed by atoms with Gasteiger partial charge in [-0.05, 0) is 48.2 Å². The van der Waals surface area contributed by atoms with Crippen molar-refractivity contribution in [3.63, 3.8) is 0 Å². The number of benzene rings is 2. The first-order valence-electron chi connectivity index (χ1n) is 6.17. The van der Waals surface area contributed by atoms with E-state index in [9.17, 15) is 4.39 Å². The smallest absolute Gasteiger partial charge is 0.124 e. The topological polar surface area (TPSA) is 38.0 Å². The second-order valence-electron chi connectivity index (χ2n) is 4.67. The van der Waals surface area contributed by atoms with Crippen molar-refractivity contribution in [2.24, 2.45) is 5.84 Å². The Morgan fingerprint density at radius 1 is 1.15 bits per heavy atom. The molecule has 5 heteroatoms. The average molecular weight is 313 g/mol. The van der Waals surface area contributed by atoms with Crippen LogP contribution in [0.5, 0.6) is 0 Å². The van der Waals surface area contributed by atoms with Crippen LogP contribution in [0, 0.1) is 12.7 Å². The van der Waals surface area contributed by atoms with E-state index in [0.29, 0.717) is 16.5 Å². The molecule has 0 aromatic heterocycles. The number of nitrogens with two attached hydrogens (primary N) is 1. The van der Waals surface area contributed by atoms with Gasteiger partial charge in [0.05, 0.1) is 6.04 Å². The normalized spacial score (nSPS) is 12.4. The van der Waals surface area contributed by atoms with Crippen molar-refractivity contribution >= 4 is 23.2 Å². The van der Waals surface area contributed by atoms with E-state index in [-0.39, 0.29) is 11.9 Å². The van der Waals surface area contributed by atoms with Crippen molar-refractivity contribution in [3.8, 4) is 0 Å². The van der Waals surface area contributed by atoms with E-state index in [2.05, 4.69) is 5.43 Å². The summed E-state index contributed by atoms with van der Waals surface area (Å²) >= 11 is 12.2. The molecule has 20 heavy (non-hydrogen) atoms. The number of hydrazine groups is 1. The Bertz CT molecular complexity index is 617. The van der Waals surface area contributed by atoms with Crippen molar-refractivity contribution in [1.82, 2.24) is 5.43 Å². The minimum atomic E-state index is -0.352. The molecule has 1 atom stereocenters. The van der Waals surface area contributed by atoms with Gasteiger partial charge in [0, 0.05) is 10.0 Å².